The van der Waals surface area contributed by atoms with Crippen molar-refractivity contribution in [2.75, 3.05) is 19.8 Å². The molecule has 0 aromatic heterocycles. The molecule has 3 rings (SSSR count). The Morgan fingerprint density at radius 3 is 1.98 bits per heavy atom. The van der Waals surface area contributed by atoms with Crippen molar-refractivity contribution in [3.05, 3.63) is 93.6 Å². The molecule has 0 saturated carbocycles. The van der Waals surface area contributed by atoms with Crippen molar-refractivity contribution >= 4 is 24.3 Å². The molecule has 0 saturated heterocycles. The van der Waals surface area contributed by atoms with Crippen LogP contribution in [-0.4, -0.2) is 31.4 Å². The fourth-order valence-corrected chi connectivity index (χ4v) is 5.04. The number of ether oxygens (including phenoxy) is 1. The summed E-state index contributed by atoms with van der Waals surface area (Å²) < 4.78 is 18.0. The van der Waals surface area contributed by atoms with Gasteiger partial charge >= 0.3 is 0 Å². The molecule has 0 radical (unpaired) electrons. The molecule has 3 aromatic rings. The van der Waals surface area contributed by atoms with E-state index in [9.17, 15) is 14.0 Å². The highest BCUT2D eigenvalue weighted by Crippen LogP contribution is 2.21. The Morgan fingerprint density at radius 2 is 1.45 bits per heavy atom. The van der Waals surface area contributed by atoms with Gasteiger partial charge in [-0.25, -0.2) is 4.39 Å². The number of hydrogen-bond acceptors (Lipinski definition) is 3. The van der Waals surface area contributed by atoms with Crippen molar-refractivity contribution in [2.45, 2.75) is 87.0 Å². The van der Waals surface area contributed by atoms with Crippen LogP contribution in [0.5, 0.6) is 0 Å². The summed E-state index contributed by atoms with van der Waals surface area (Å²) in [4.78, 5) is 23.5. The molecule has 5 heteroatoms. The van der Waals surface area contributed by atoms with Crippen LogP contribution in [0, 0.1) is 18.7 Å². The lowest BCUT2D eigenvalue weighted by molar-refractivity contribution is 0.0921. The van der Waals surface area contributed by atoms with Crippen molar-refractivity contribution in [1.82, 2.24) is 5.32 Å². The fourth-order valence-electron chi connectivity index (χ4n) is 5.04. The van der Waals surface area contributed by atoms with Gasteiger partial charge in [-0.2, -0.15) is 0 Å². The molecule has 0 spiro atoms. The number of Topliss-reactive ketones (excluding diaryl/α,β-unsaturated/α-hetero) is 1. The first-order valence-electron chi connectivity index (χ1n) is 16.2. The number of benzene rings is 3. The third-order valence-electron chi connectivity index (χ3n) is 7.37. The number of rotatable bonds is 14. The van der Waals surface area contributed by atoms with Crippen molar-refractivity contribution in [3.8, 4) is 11.1 Å². The van der Waals surface area contributed by atoms with E-state index in [1.54, 1.807) is 24.3 Å². The van der Waals surface area contributed by atoms with E-state index in [2.05, 4.69) is 31.8 Å². The molecule has 0 aliphatic carbocycles. The Bertz CT molecular complexity index is 1360. The second-order valence-corrected chi connectivity index (χ2v) is 10.6. The maximum absolute atomic E-state index is 12.7. The molecule has 0 unspecified atom stereocenters. The van der Waals surface area contributed by atoms with Crippen molar-refractivity contribution < 1.29 is 18.7 Å². The van der Waals surface area contributed by atoms with E-state index in [4.69, 9.17) is 4.74 Å². The van der Waals surface area contributed by atoms with Gasteiger partial charge in [0, 0.05) is 24.3 Å². The minimum atomic E-state index is -0.246. The zero-order chi connectivity index (χ0) is 32.9. The van der Waals surface area contributed by atoms with Crippen molar-refractivity contribution in [2.24, 2.45) is 5.92 Å². The molecule has 3 aromatic carbocycles. The second kappa shape index (κ2) is 22.0. The molecule has 44 heavy (non-hydrogen) atoms. The van der Waals surface area contributed by atoms with E-state index in [-0.39, 0.29) is 17.5 Å². The molecule has 0 bridgehead atoms. The maximum atomic E-state index is 12.7. The summed E-state index contributed by atoms with van der Waals surface area (Å²) in [5.74, 6) is 0.571. The first kappa shape index (κ1) is 38.5. The van der Waals surface area contributed by atoms with Gasteiger partial charge < -0.3 is 10.1 Å². The predicted molar refractivity (Wildman–Crippen MR) is 185 cm³/mol. The van der Waals surface area contributed by atoms with Crippen LogP contribution in [-0.2, 0) is 4.74 Å². The minimum absolute atomic E-state index is 0.0355. The summed E-state index contributed by atoms with van der Waals surface area (Å²) in [5, 5.41) is 5.05. The Labute approximate surface area is 265 Å². The zero-order valence-electron chi connectivity index (χ0n) is 28.1. The Hall–Kier alpha value is -3.57. The van der Waals surface area contributed by atoms with Gasteiger partial charge in [0.05, 0.1) is 6.61 Å². The molecule has 240 valence electrons. The van der Waals surface area contributed by atoms with Gasteiger partial charge in [-0.1, -0.05) is 108 Å². The summed E-state index contributed by atoms with van der Waals surface area (Å²) in [6.45, 7) is 19.9. The number of amides is 1. The minimum Gasteiger partial charge on any atom is -0.380 e. The lowest BCUT2D eigenvalue weighted by atomic mass is 9.93. The summed E-state index contributed by atoms with van der Waals surface area (Å²) in [6, 6.07) is 17.4. The molecular weight excluding hydrogens is 549 g/mol. The van der Waals surface area contributed by atoms with E-state index in [0.29, 0.717) is 25.3 Å². The second-order valence-electron chi connectivity index (χ2n) is 10.6. The van der Waals surface area contributed by atoms with Gasteiger partial charge in [0.2, 0.25) is 0 Å². The first-order chi connectivity index (χ1) is 21.2. The third-order valence-corrected chi connectivity index (χ3v) is 7.37. The fraction of sp³-hybridized carbons (Fsp3) is 0.436. The first-order valence-corrected chi connectivity index (χ1v) is 16.2. The zero-order valence-corrected chi connectivity index (χ0v) is 28.1. The average molecular weight is 604 g/mol. The van der Waals surface area contributed by atoms with Gasteiger partial charge in [0.1, 0.15) is 5.82 Å². The van der Waals surface area contributed by atoms with Crippen molar-refractivity contribution in [1.29, 1.82) is 0 Å². The number of carbonyl (C=O) groups is 2. The van der Waals surface area contributed by atoms with Crippen LogP contribution >= 0.6 is 0 Å². The number of carbonyl (C=O) groups excluding carboxylic acids is 2. The lowest BCUT2D eigenvalue weighted by Crippen LogP contribution is -2.33. The van der Waals surface area contributed by atoms with Crippen LogP contribution in [0.3, 0.4) is 0 Å². The number of halogens is 1. The molecular formula is C39H54FNO3. The Balaban J connectivity index is 0.000000457. The van der Waals surface area contributed by atoms with Crippen LogP contribution in [0.4, 0.5) is 4.39 Å². The highest BCUT2D eigenvalue weighted by Gasteiger charge is 2.10. The topological polar surface area (TPSA) is 55.4 Å². The van der Waals surface area contributed by atoms with E-state index in [0.717, 1.165) is 45.0 Å². The molecule has 1 amide bonds. The number of nitrogens with one attached hydrogen (secondary N) is 1. The van der Waals surface area contributed by atoms with Gasteiger partial charge in [0.25, 0.3) is 5.91 Å². The molecule has 0 atom stereocenters. The molecule has 1 N–H and O–H groups in total. The van der Waals surface area contributed by atoms with Gasteiger partial charge in [-0.3, -0.25) is 9.59 Å². The molecule has 0 aliphatic rings. The summed E-state index contributed by atoms with van der Waals surface area (Å²) in [5.41, 5.74) is 4.36. The normalized spacial score (nSPS) is 10.9. The van der Waals surface area contributed by atoms with Gasteiger partial charge in [-0.15, -0.1) is 0 Å². The van der Waals surface area contributed by atoms with Gasteiger partial charge in [-0.05, 0) is 84.9 Å². The highest BCUT2D eigenvalue weighted by molar-refractivity contribution is 5.95. The maximum Gasteiger partial charge on any atom is 0.251 e. The monoisotopic (exact) mass is 603 g/mol. The van der Waals surface area contributed by atoms with Gasteiger partial charge in [0.15, 0.2) is 5.78 Å². The van der Waals surface area contributed by atoms with E-state index < -0.39 is 0 Å². The van der Waals surface area contributed by atoms with E-state index >= 15 is 0 Å². The SMILES string of the molecule is C=c1ccc(C(=O)NCCOCC)c(C)/c1=C/CCC(CCC)CCC.CC.CC(=O)c1ccc(-c2ccc(F)cc2)cc1. The third kappa shape index (κ3) is 13.4. The molecule has 4 nitrogen and oxygen atoms in total. The summed E-state index contributed by atoms with van der Waals surface area (Å²) in [6.07, 6.45) is 9.64. The largest absolute Gasteiger partial charge is 0.380 e. The quantitative estimate of drug-likeness (QED) is 0.148. The molecule has 0 heterocycles. The lowest BCUT2D eigenvalue weighted by Gasteiger charge is -2.13. The van der Waals surface area contributed by atoms with Crippen LogP contribution in [0.2, 0.25) is 0 Å². The Morgan fingerprint density at radius 1 is 0.886 bits per heavy atom. The average Bonchev–Trinajstić information content (AvgIpc) is 3.03. The number of hydrogen-bond donors (Lipinski definition) is 1. The summed E-state index contributed by atoms with van der Waals surface area (Å²) in [7, 11) is 0. The highest BCUT2D eigenvalue weighted by atomic mass is 19.1. The standard InChI is InChI=1S/C23H37NO2.C14H11FO.C2H6/c1-6-10-20(11-7-2)12-9-13-21-18(4)14-15-22(19(21)5)23(25)24-16-17-26-8-3;1-10(16)11-2-4-12(5-3-11)13-6-8-14(15)9-7-13;1-2/h13-15,20H,4,6-12,16-17H2,1-3,5H3,(H,24,25);2-9H,1H3;1-2H3/b21-13+;;. The Kier molecular flexibility index (Phi) is 19.2. The molecule has 0 aliphatic heterocycles. The van der Waals surface area contributed by atoms with Crippen LogP contribution in [0.15, 0.2) is 60.7 Å². The summed E-state index contributed by atoms with van der Waals surface area (Å²) >= 11 is 0. The van der Waals surface area contributed by atoms with E-state index in [1.807, 2.05) is 52.0 Å². The van der Waals surface area contributed by atoms with Crippen molar-refractivity contribution in [3.63, 3.8) is 0 Å². The predicted octanol–water partition coefficient (Wildman–Crippen LogP) is 8.67. The van der Waals surface area contributed by atoms with Crippen LogP contribution in [0.25, 0.3) is 23.8 Å². The van der Waals surface area contributed by atoms with E-state index in [1.165, 1.54) is 51.2 Å². The van der Waals surface area contributed by atoms with Crippen LogP contribution in [0.1, 0.15) is 106 Å². The molecule has 0 fully saturated rings. The number of ketones is 1. The smallest absolute Gasteiger partial charge is 0.251 e. The van der Waals surface area contributed by atoms with Crippen LogP contribution < -0.4 is 15.8 Å².